The van der Waals surface area contributed by atoms with Crippen LogP contribution in [0, 0.1) is 5.92 Å². The minimum atomic E-state index is -0.105. The molecule has 22 heavy (non-hydrogen) atoms. The molecule has 1 aromatic heterocycles. The number of carbonyl (C=O) groups is 1. The first kappa shape index (κ1) is 15.3. The van der Waals surface area contributed by atoms with Crippen molar-refractivity contribution in [2.24, 2.45) is 5.92 Å². The molecule has 2 saturated carbocycles. The van der Waals surface area contributed by atoms with Crippen LogP contribution >= 0.6 is 0 Å². The van der Waals surface area contributed by atoms with E-state index >= 15 is 0 Å². The second kappa shape index (κ2) is 7.09. The SMILES string of the molecule is O=C(NC1CCCCC1CO)c1ccnc(OC2CCC2)c1. The molecule has 120 valence electrons. The Labute approximate surface area is 131 Å². The molecule has 2 fully saturated rings. The van der Waals surface area contributed by atoms with Crippen molar-refractivity contribution in [3.05, 3.63) is 23.9 Å². The van der Waals surface area contributed by atoms with Crippen LogP contribution < -0.4 is 10.1 Å². The number of aliphatic hydroxyl groups is 1. The quantitative estimate of drug-likeness (QED) is 0.875. The molecule has 2 aliphatic carbocycles. The van der Waals surface area contributed by atoms with Crippen molar-refractivity contribution in [3.63, 3.8) is 0 Å². The predicted octanol–water partition coefficient (Wildman–Crippen LogP) is 2.29. The monoisotopic (exact) mass is 304 g/mol. The minimum absolute atomic E-state index is 0.0652. The second-order valence-electron chi connectivity index (χ2n) is 6.36. The highest BCUT2D eigenvalue weighted by Gasteiger charge is 2.26. The number of hydrogen-bond acceptors (Lipinski definition) is 4. The fourth-order valence-electron chi connectivity index (χ4n) is 3.14. The zero-order chi connectivity index (χ0) is 15.4. The normalized spacial score (nSPS) is 25.3. The van der Waals surface area contributed by atoms with E-state index in [9.17, 15) is 9.90 Å². The Morgan fingerprint density at radius 3 is 2.82 bits per heavy atom. The molecule has 0 bridgehead atoms. The topological polar surface area (TPSA) is 71.5 Å². The first-order valence-electron chi connectivity index (χ1n) is 8.30. The van der Waals surface area contributed by atoms with Crippen LogP contribution in [-0.2, 0) is 0 Å². The average Bonchev–Trinajstić information content (AvgIpc) is 2.52. The van der Waals surface area contributed by atoms with Crippen LogP contribution in [0.3, 0.4) is 0 Å². The second-order valence-corrected chi connectivity index (χ2v) is 6.36. The van der Waals surface area contributed by atoms with Gasteiger partial charge in [-0.2, -0.15) is 0 Å². The number of nitrogens with one attached hydrogen (secondary N) is 1. The standard InChI is InChI=1S/C17H24N2O3/c20-11-13-4-1-2-7-15(13)19-17(21)12-8-9-18-16(10-12)22-14-5-3-6-14/h8-10,13-15,20H,1-7,11H2,(H,19,21). The van der Waals surface area contributed by atoms with Crippen molar-refractivity contribution in [3.8, 4) is 5.88 Å². The molecule has 2 aliphatic rings. The van der Waals surface area contributed by atoms with Crippen LogP contribution in [-0.4, -0.2) is 34.8 Å². The lowest BCUT2D eigenvalue weighted by atomic mass is 9.85. The summed E-state index contributed by atoms with van der Waals surface area (Å²) in [6.45, 7) is 0.136. The number of carbonyl (C=O) groups excluding carboxylic acids is 1. The Kier molecular flexibility index (Phi) is 4.93. The molecule has 2 atom stereocenters. The summed E-state index contributed by atoms with van der Waals surface area (Å²) < 4.78 is 5.74. The van der Waals surface area contributed by atoms with Crippen molar-refractivity contribution in [2.45, 2.75) is 57.1 Å². The van der Waals surface area contributed by atoms with Crippen molar-refractivity contribution in [2.75, 3.05) is 6.61 Å². The first-order chi connectivity index (χ1) is 10.8. The predicted molar refractivity (Wildman–Crippen MR) is 82.8 cm³/mol. The highest BCUT2D eigenvalue weighted by atomic mass is 16.5. The molecular formula is C17H24N2O3. The van der Waals surface area contributed by atoms with Gasteiger partial charge >= 0.3 is 0 Å². The van der Waals surface area contributed by atoms with Crippen LogP contribution in [0.2, 0.25) is 0 Å². The van der Waals surface area contributed by atoms with Crippen molar-refractivity contribution < 1.29 is 14.6 Å². The lowest BCUT2D eigenvalue weighted by molar-refractivity contribution is 0.0869. The maximum atomic E-state index is 12.4. The van der Waals surface area contributed by atoms with E-state index < -0.39 is 0 Å². The van der Waals surface area contributed by atoms with Crippen molar-refractivity contribution in [1.29, 1.82) is 0 Å². The maximum Gasteiger partial charge on any atom is 0.251 e. The largest absolute Gasteiger partial charge is 0.474 e. The van der Waals surface area contributed by atoms with Crippen LogP contribution in [0.4, 0.5) is 0 Å². The fourth-order valence-corrected chi connectivity index (χ4v) is 3.14. The molecule has 1 heterocycles. The van der Waals surface area contributed by atoms with Gasteiger partial charge in [0.15, 0.2) is 0 Å². The number of hydrogen-bond donors (Lipinski definition) is 2. The molecule has 0 aromatic carbocycles. The minimum Gasteiger partial charge on any atom is -0.474 e. The van der Waals surface area contributed by atoms with E-state index in [1.807, 2.05) is 0 Å². The number of ether oxygens (including phenoxy) is 1. The van der Waals surface area contributed by atoms with Gasteiger partial charge in [-0.3, -0.25) is 4.79 Å². The van der Waals surface area contributed by atoms with E-state index in [4.69, 9.17) is 4.74 Å². The van der Waals surface area contributed by atoms with Gasteiger partial charge in [0.2, 0.25) is 5.88 Å². The Morgan fingerprint density at radius 2 is 2.09 bits per heavy atom. The molecule has 5 heteroatoms. The van der Waals surface area contributed by atoms with Crippen LogP contribution in [0.15, 0.2) is 18.3 Å². The number of nitrogens with zero attached hydrogens (tertiary/aromatic N) is 1. The summed E-state index contributed by atoms with van der Waals surface area (Å²) in [5, 5.41) is 12.5. The Balaban J connectivity index is 1.62. The molecule has 3 rings (SSSR count). The smallest absolute Gasteiger partial charge is 0.251 e. The Hall–Kier alpha value is -1.62. The molecule has 2 unspecified atom stereocenters. The van der Waals surface area contributed by atoms with Gasteiger partial charge in [0.05, 0.1) is 0 Å². The van der Waals surface area contributed by atoms with E-state index in [-0.39, 0.29) is 30.6 Å². The summed E-state index contributed by atoms with van der Waals surface area (Å²) in [4.78, 5) is 16.6. The summed E-state index contributed by atoms with van der Waals surface area (Å²) in [7, 11) is 0. The van der Waals surface area contributed by atoms with E-state index in [1.165, 1.54) is 6.42 Å². The molecule has 1 aromatic rings. The van der Waals surface area contributed by atoms with Crippen LogP contribution in [0.5, 0.6) is 5.88 Å². The molecular weight excluding hydrogens is 280 g/mol. The molecule has 0 saturated heterocycles. The van der Waals surface area contributed by atoms with Crippen molar-refractivity contribution >= 4 is 5.91 Å². The van der Waals surface area contributed by atoms with Gasteiger partial charge in [-0.1, -0.05) is 12.8 Å². The van der Waals surface area contributed by atoms with Gasteiger partial charge in [-0.05, 0) is 38.2 Å². The van der Waals surface area contributed by atoms with E-state index in [1.54, 1.807) is 18.3 Å². The lowest BCUT2D eigenvalue weighted by Gasteiger charge is -2.31. The Morgan fingerprint density at radius 1 is 1.27 bits per heavy atom. The third kappa shape index (κ3) is 3.58. The Bertz CT molecular complexity index is 516. The number of aliphatic hydroxyl groups excluding tert-OH is 1. The molecule has 0 aliphatic heterocycles. The number of rotatable bonds is 5. The van der Waals surface area contributed by atoms with E-state index in [0.29, 0.717) is 11.4 Å². The number of amides is 1. The van der Waals surface area contributed by atoms with Gasteiger partial charge < -0.3 is 15.2 Å². The third-order valence-corrected chi connectivity index (χ3v) is 4.80. The lowest BCUT2D eigenvalue weighted by Crippen LogP contribution is -2.43. The molecule has 0 radical (unpaired) electrons. The molecule has 1 amide bonds. The highest BCUT2D eigenvalue weighted by Crippen LogP contribution is 2.26. The number of aromatic nitrogens is 1. The third-order valence-electron chi connectivity index (χ3n) is 4.80. The zero-order valence-corrected chi connectivity index (χ0v) is 12.8. The fraction of sp³-hybridized carbons (Fsp3) is 0.647. The van der Waals surface area contributed by atoms with Gasteiger partial charge in [0, 0.05) is 36.4 Å². The summed E-state index contributed by atoms with van der Waals surface area (Å²) in [6.07, 6.45) is 9.36. The van der Waals surface area contributed by atoms with E-state index in [2.05, 4.69) is 10.3 Å². The van der Waals surface area contributed by atoms with Gasteiger partial charge in [0.1, 0.15) is 6.10 Å². The van der Waals surface area contributed by atoms with E-state index in [0.717, 1.165) is 38.5 Å². The molecule has 5 nitrogen and oxygen atoms in total. The van der Waals surface area contributed by atoms with Crippen molar-refractivity contribution in [1.82, 2.24) is 10.3 Å². The first-order valence-corrected chi connectivity index (χ1v) is 8.30. The number of pyridine rings is 1. The zero-order valence-electron chi connectivity index (χ0n) is 12.8. The summed E-state index contributed by atoms with van der Waals surface area (Å²) in [5.41, 5.74) is 0.576. The highest BCUT2D eigenvalue weighted by molar-refractivity contribution is 5.94. The van der Waals surface area contributed by atoms with Gasteiger partial charge in [-0.25, -0.2) is 4.98 Å². The maximum absolute atomic E-state index is 12.4. The summed E-state index contributed by atoms with van der Waals surface area (Å²) in [5.74, 6) is 0.594. The summed E-state index contributed by atoms with van der Waals surface area (Å²) >= 11 is 0. The van der Waals surface area contributed by atoms with Gasteiger partial charge in [-0.15, -0.1) is 0 Å². The van der Waals surface area contributed by atoms with Crippen LogP contribution in [0.25, 0.3) is 0 Å². The van der Waals surface area contributed by atoms with Crippen LogP contribution in [0.1, 0.15) is 55.3 Å². The average molecular weight is 304 g/mol. The molecule has 2 N–H and O–H groups in total. The van der Waals surface area contributed by atoms with Gasteiger partial charge in [0.25, 0.3) is 5.91 Å². The summed E-state index contributed by atoms with van der Waals surface area (Å²) in [6, 6.07) is 3.49. The molecule has 0 spiro atoms.